The van der Waals surface area contributed by atoms with E-state index in [1.807, 2.05) is 0 Å². The Morgan fingerprint density at radius 1 is 1.50 bits per heavy atom. The Hall–Kier alpha value is -0.740. The van der Waals surface area contributed by atoms with Crippen molar-refractivity contribution in [3.63, 3.8) is 0 Å². The van der Waals surface area contributed by atoms with Gasteiger partial charge < -0.3 is 4.74 Å². The lowest BCUT2D eigenvalue weighted by Crippen LogP contribution is -2.22. The van der Waals surface area contributed by atoms with Crippen LogP contribution in [-0.2, 0) is 9.53 Å². The van der Waals surface area contributed by atoms with Crippen LogP contribution in [-0.4, -0.2) is 18.2 Å². The van der Waals surface area contributed by atoms with E-state index in [4.69, 9.17) is 0 Å². The van der Waals surface area contributed by atoms with Gasteiger partial charge >= 0.3 is 12.1 Å². The van der Waals surface area contributed by atoms with E-state index in [0.717, 1.165) is 0 Å². The first-order valence-corrected chi connectivity index (χ1v) is 3.61. The quantitative estimate of drug-likeness (QED) is 0.629. The molecule has 72 valence electrons. The van der Waals surface area contributed by atoms with Gasteiger partial charge in [-0.25, -0.2) is 0 Å². The molecule has 0 amide bonds. The van der Waals surface area contributed by atoms with Gasteiger partial charge in [0.25, 0.3) is 0 Å². The van der Waals surface area contributed by atoms with E-state index in [-0.39, 0.29) is 6.42 Å². The second-order valence-electron chi connectivity index (χ2n) is 2.47. The fourth-order valence-corrected chi connectivity index (χ4v) is 0.675. The number of carbonyl (C=O) groups excluding carboxylic acids is 1. The molecule has 0 aliphatic heterocycles. The van der Waals surface area contributed by atoms with Gasteiger partial charge in [0.15, 0.2) is 0 Å². The van der Waals surface area contributed by atoms with Crippen molar-refractivity contribution in [3.05, 3.63) is 0 Å². The third-order valence-electron chi connectivity index (χ3n) is 1.14. The van der Waals surface area contributed by atoms with E-state index >= 15 is 0 Å². The molecule has 1 atom stereocenters. The van der Waals surface area contributed by atoms with Gasteiger partial charge in [0.05, 0.1) is 6.42 Å². The Morgan fingerprint density at radius 2 is 2.00 bits per heavy atom. The fraction of sp³-hybridized carbons (Fsp3) is 0.857. The van der Waals surface area contributed by atoms with Gasteiger partial charge in [-0.15, -0.1) is 0 Å². The molecule has 1 unspecified atom stereocenters. The normalized spacial score (nSPS) is 14.1. The smallest absolute Gasteiger partial charge is 0.392 e. The number of alkyl halides is 3. The number of esters is 1. The highest BCUT2D eigenvalue weighted by atomic mass is 19.4. The average molecular weight is 184 g/mol. The number of ether oxygens (including phenoxy) is 1. The Morgan fingerprint density at radius 3 is 2.33 bits per heavy atom. The zero-order valence-corrected chi connectivity index (χ0v) is 6.94. The maximum Gasteiger partial charge on any atom is 0.392 e. The van der Waals surface area contributed by atoms with Crippen molar-refractivity contribution < 1.29 is 22.7 Å². The molecule has 2 nitrogen and oxygen atoms in total. The molecule has 0 N–H and O–H groups in total. The highest BCUT2D eigenvalue weighted by molar-refractivity contribution is 5.69. The predicted molar refractivity (Wildman–Crippen MR) is 36.5 cm³/mol. The molecule has 0 aliphatic rings. The first-order chi connectivity index (χ1) is 5.35. The molecule has 0 radical (unpaired) electrons. The number of hydrogen-bond donors (Lipinski definition) is 0. The van der Waals surface area contributed by atoms with Gasteiger partial charge in [-0.2, -0.15) is 13.2 Å². The summed E-state index contributed by atoms with van der Waals surface area (Å²) in [6.07, 6.45) is -6.34. The first kappa shape index (κ1) is 11.3. The van der Waals surface area contributed by atoms with Crippen molar-refractivity contribution in [1.82, 2.24) is 0 Å². The minimum Gasteiger partial charge on any atom is -0.462 e. The molecule has 5 heteroatoms. The fourth-order valence-electron chi connectivity index (χ4n) is 0.675. The molecule has 0 heterocycles. The summed E-state index contributed by atoms with van der Waals surface area (Å²) in [6, 6.07) is 0. The predicted octanol–water partition coefficient (Wildman–Crippen LogP) is 2.28. The molecule has 0 aromatic carbocycles. The van der Waals surface area contributed by atoms with Crippen LogP contribution in [0.25, 0.3) is 0 Å². The van der Waals surface area contributed by atoms with Crippen LogP contribution in [0, 0.1) is 0 Å². The number of rotatable bonds is 3. The van der Waals surface area contributed by atoms with Crippen LogP contribution < -0.4 is 0 Å². The molecule has 0 aromatic heterocycles. The minimum atomic E-state index is -4.27. The molecule has 0 saturated heterocycles. The lowest BCUT2D eigenvalue weighted by atomic mass is 10.3. The Kier molecular flexibility index (Phi) is 4.06. The van der Waals surface area contributed by atoms with Crippen LogP contribution in [0.1, 0.15) is 26.7 Å². The third kappa shape index (κ3) is 6.00. The summed E-state index contributed by atoms with van der Waals surface area (Å²) in [5, 5.41) is 0. The summed E-state index contributed by atoms with van der Waals surface area (Å²) in [5.74, 6) is -0.605. The third-order valence-corrected chi connectivity index (χ3v) is 1.14. The molecule has 0 aliphatic carbocycles. The Labute approximate surface area is 68.7 Å². The number of carbonyl (C=O) groups is 1. The van der Waals surface area contributed by atoms with Gasteiger partial charge in [-0.3, -0.25) is 4.79 Å². The molecular formula is C7H11F3O2. The Balaban J connectivity index is 3.74. The summed E-state index contributed by atoms with van der Waals surface area (Å²) in [7, 11) is 0. The summed E-state index contributed by atoms with van der Waals surface area (Å²) in [4.78, 5) is 10.5. The summed E-state index contributed by atoms with van der Waals surface area (Å²) >= 11 is 0. The van der Waals surface area contributed by atoms with E-state index < -0.39 is 24.7 Å². The van der Waals surface area contributed by atoms with Crippen LogP contribution in [0.5, 0.6) is 0 Å². The molecule has 0 spiro atoms. The second kappa shape index (κ2) is 4.33. The first-order valence-electron chi connectivity index (χ1n) is 3.61. The zero-order valence-electron chi connectivity index (χ0n) is 6.94. The molecule has 12 heavy (non-hydrogen) atoms. The lowest BCUT2D eigenvalue weighted by molar-refractivity contribution is -0.170. The van der Waals surface area contributed by atoms with Crippen LogP contribution in [0.2, 0.25) is 0 Å². The lowest BCUT2D eigenvalue weighted by Gasteiger charge is -2.14. The van der Waals surface area contributed by atoms with E-state index in [1.165, 1.54) is 13.8 Å². The van der Waals surface area contributed by atoms with Crippen molar-refractivity contribution in [1.29, 1.82) is 0 Å². The maximum absolute atomic E-state index is 11.7. The highest BCUT2D eigenvalue weighted by Gasteiger charge is 2.31. The van der Waals surface area contributed by atoms with Gasteiger partial charge in [0.1, 0.15) is 6.10 Å². The average Bonchev–Trinajstić information content (AvgIpc) is 1.82. The molecule has 0 saturated carbocycles. The summed E-state index contributed by atoms with van der Waals surface area (Å²) < 4.78 is 39.4. The van der Waals surface area contributed by atoms with E-state index in [2.05, 4.69) is 4.74 Å². The monoisotopic (exact) mass is 184 g/mol. The van der Waals surface area contributed by atoms with Crippen LogP contribution in [0.15, 0.2) is 0 Å². The van der Waals surface area contributed by atoms with E-state index in [1.54, 1.807) is 0 Å². The van der Waals surface area contributed by atoms with E-state index in [0.29, 0.717) is 0 Å². The molecule has 0 fully saturated rings. The van der Waals surface area contributed by atoms with Crippen LogP contribution in [0.3, 0.4) is 0 Å². The highest BCUT2D eigenvalue weighted by Crippen LogP contribution is 2.22. The molecule has 0 bridgehead atoms. The van der Waals surface area contributed by atoms with Crippen molar-refractivity contribution in [2.24, 2.45) is 0 Å². The van der Waals surface area contributed by atoms with Gasteiger partial charge in [-0.05, 0) is 6.92 Å². The SMILES string of the molecule is CCC(=O)OC(C)CC(F)(F)F. The molecule has 0 aromatic rings. The van der Waals surface area contributed by atoms with Gasteiger partial charge in [0.2, 0.25) is 0 Å². The van der Waals surface area contributed by atoms with Gasteiger partial charge in [-0.1, -0.05) is 6.92 Å². The Bertz CT molecular complexity index is 153. The molecular weight excluding hydrogens is 173 g/mol. The van der Waals surface area contributed by atoms with Crippen LogP contribution in [0.4, 0.5) is 13.2 Å². The standard InChI is InChI=1S/C7H11F3O2/c1-3-6(11)12-5(2)4-7(8,9)10/h5H,3-4H2,1-2H3. The van der Waals surface area contributed by atoms with Gasteiger partial charge in [0, 0.05) is 6.42 Å². The topological polar surface area (TPSA) is 26.3 Å². The second-order valence-corrected chi connectivity index (χ2v) is 2.47. The maximum atomic E-state index is 11.7. The number of hydrogen-bond acceptors (Lipinski definition) is 2. The molecule has 0 rings (SSSR count). The minimum absolute atomic E-state index is 0.0994. The van der Waals surface area contributed by atoms with Crippen molar-refractivity contribution >= 4 is 5.97 Å². The zero-order chi connectivity index (χ0) is 9.78. The number of halogens is 3. The van der Waals surface area contributed by atoms with Crippen LogP contribution >= 0.6 is 0 Å². The van der Waals surface area contributed by atoms with E-state index in [9.17, 15) is 18.0 Å². The summed E-state index contributed by atoms with van der Waals surface area (Å²) in [5.41, 5.74) is 0. The van der Waals surface area contributed by atoms with Crippen molar-refractivity contribution in [2.45, 2.75) is 39.0 Å². The van der Waals surface area contributed by atoms with Crippen molar-refractivity contribution in [3.8, 4) is 0 Å². The van der Waals surface area contributed by atoms with Crippen molar-refractivity contribution in [2.75, 3.05) is 0 Å². The largest absolute Gasteiger partial charge is 0.462 e. The summed E-state index contributed by atoms with van der Waals surface area (Å²) in [6.45, 7) is 2.75.